The molecular formula is C28H27ClF3N7O2. The van der Waals surface area contributed by atoms with Gasteiger partial charge in [-0.3, -0.25) is 4.79 Å². The normalized spacial score (nSPS) is 15.6. The van der Waals surface area contributed by atoms with Gasteiger partial charge in [0.15, 0.2) is 5.69 Å². The van der Waals surface area contributed by atoms with Gasteiger partial charge in [-0.2, -0.15) is 28.5 Å². The third-order valence-corrected chi connectivity index (χ3v) is 7.14. The highest BCUT2D eigenvalue weighted by atomic mass is 35.5. The van der Waals surface area contributed by atoms with E-state index in [-0.39, 0.29) is 33.8 Å². The van der Waals surface area contributed by atoms with Crippen LogP contribution >= 0.6 is 11.6 Å². The zero-order chi connectivity index (χ0) is 29.1. The Bertz CT molecular complexity index is 1550. The lowest BCUT2D eigenvalue weighted by Gasteiger charge is -2.37. The number of benzene rings is 2. The summed E-state index contributed by atoms with van der Waals surface area (Å²) in [5.41, 5.74) is 5.90. The Morgan fingerprint density at radius 2 is 1.98 bits per heavy atom. The monoisotopic (exact) mass is 585 g/mol. The molecule has 1 atom stereocenters. The molecule has 4 aromatic rings. The number of carbonyl (C=O) groups is 1. The number of nitrogens with zero attached hydrogens (tertiary/aromatic N) is 5. The number of piperidine rings is 1. The number of hydrogen-bond donors (Lipinski definition) is 2. The molecule has 2 aromatic carbocycles. The molecule has 41 heavy (non-hydrogen) atoms. The lowest BCUT2D eigenvalue weighted by Crippen LogP contribution is -2.40. The van der Waals surface area contributed by atoms with Crippen molar-refractivity contribution in [3.05, 3.63) is 82.9 Å². The second-order valence-corrected chi connectivity index (χ2v) is 10.1. The number of nitrogens with one attached hydrogen (secondary N) is 1. The van der Waals surface area contributed by atoms with E-state index in [0.29, 0.717) is 37.4 Å². The zero-order valence-corrected chi connectivity index (χ0v) is 22.8. The van der Waals surface area contributed by atoms with Crippen LogP contribution in [0.1, 0.15) is 34.6 Å². The minimum Gasteiger partial charge on any atom is -0.455 e. The van der Waals surface area contributed by atoms with E-state index in [4.69, 9.17) is 22.1 Å². The number of aryl methyl sites for hydroxylation is 1. The molecule has 0 radical (unpaired) electrons. The molecule has 1 aliphatic rings. The largest absolute Gasteiger partial charge is 0.455 e. The first-order valence-corrected chi connectivity index (χ1v) is 13.3. The van der Waals surface area contributed by atoms with Crippen LogP contribution in [0.3, 0.4) is 0 Å². The molecule has 0 saturated carbocycles. The van der Waals surface area contributed by atoms with Crippen LogP contribution in [0.4, 0.5) is 24.5 Å². The topological polar surface area (TPSA) is 111 Å². The maximum Gasteiger partial charge on any atom is 0.422 e. The Balaban J connectivity index is 1.58. The van der Waals surface area contributed by atoms with Gasteiger partial charge in [0.1, 0.15) is 17.1 Å². The summed E-state index contributed by atoms with van der Waals surface area (Å²) in [7, 11) is 0. The number of rotatable bonds is 7. The van der Waals surface area contributed by atoms with E-state index in [9.17, 15) is 18.0 Å². The number of para-hydroxylation sites is 1. The van der Waals surface area contributed by atoms with Crippen LogP contribution < -0.4 is 20.7 Å². The van der Waals surface area contributed by atoms with Crippen molar-refractivity contribution in [2.24, 2.45) is 11.7 Å². The summed E-state index contributed by atoms with van der Waals surface area (Å²) in [5.74, 6) is -1.03. The predicted octanol–water partition coefficient (Wildman–Crippen LogP) is 5.86. The summed E-state index contributed by atoms with van der Waals surface area (Å²) in [4.78, 5) is 15.0. The zero-order valence-electron chi connectivity index (χ0n) is 22.0. The first-order valence-electron chi connectivity index (χ1n) is 12.9. The van der Waals surface area contributed by atoms with E-state index in [1.54, 1.807) is 36.1 Å². The van der Waals surface area contributed by atoms with Crippen LogP contribution in [0.2, 0.25) is 5.02 Å². The molecule has 0 aliphatic carbocycles. The minimum atomic E-state index is -4.82. The van der Waals surface area contributed by atoms with Gasteiger partial charge >= 0.3 is 6.18 Å². The quantitative estimate of drug-likeness (QED) is 0.279. The summed E-state index contributed by atoms with van der Waals surface area (Å²) < 4.78 is 51.7. The highest BCUT2D eigenvalue weighted by Gasteiger charge is 2.41. The van der Waals surface area contributed by atoms with Crippen molar-refractivity contribution in [3.8, 4) is 17.2 Å². The SMILES string of the molecule is Cc1cc(C(=O)Nc2ccc(Oc3ccccc3Cl)c(C(F)(F)F)c2N2CCC[C@@H](CN)C2)nn1-c1ccnnc1. The summed E-state index contributed by atoms with van der Waals surface area (Å²) in [6.45, 7) is 2.72. The average molecular weight is 586 g/mol. The number of halogens is 4. The molecule has 3 N–H and O–H groups in total. The van der Waals surface area contributed by atoms with E-state index >= 15 is 0 Å². The van der Waals surface area contributed by atoms with E-state index < -0.39 is 23.4 Å². The van der Waals surface area contributed by atoms with Crippen LogP contribution in [0.5, 0.6) is 11.5 Å². The summed E-state index contributed by atoms with van der Waals surface area (Å²) in [5, 5.41) is 14.7. The molecule has 0 unspecified atom stereocenters. The van der Waals surface area contributed by atoms with Crippen LogP contribution in [0, 0.1) is 12.8 Å². The second-order valence-electron chi connectivity index (χ2n) is 9.69. The van der Waals surface area contributed by atoms with Crippen LogP contribution in [0.25, 0.3) is 5.69 Å². The average Bonchev–Trinajstić information content (AvgIpc) is 3.36. The Hall–Kier alpha value is -4.16. The number of hydrogen-bond acceptors (Lipinski definition) is 7. The van der Waals surface area contributed by atoms with Crippen molar-refractivity contribution in [2.45, 2.75) is 25.9 Å². The maximum absolute atomic E-state index is 14.8. The number of nitrogens with two attached hydrogens (primary N) is 1. The maximum atomic E-state index is 14.8. The van der Waals surface area contributed by atoms with Crippen LogP contribution in [-0.2, 0) is 6.18 Å². The Morgan fingerprint density at radius 1 is 1.17 bits per heavy atom. The smallest absolute Gasteiger partial charge is 0.422 e. The highest BCUT2D eigenvalue weighted by molar-refractivity contribution is 6.32. The van der Waals surface area contributed by atoms with Gasteiger partial charge in [0.2, 0.25) is 0 Å². The number of aromatic nitrogens is 4. The molecule has 0 bridgehead atoms. The van der Waals surface area contributed by atoms with E-state index in [1.807, 2.05) is 0 Å². The fourth-order valence-electron chi connectivity index (χ4n) is 4.91. The van der Waals surface area contributed by atoms with Gasteiger partial charge < -0.3 is 20.7 Å². The van der Waals surface area contributed by atoms with Crippen molar-refractivity contribution in [1.82, 2.24) is 20.0 Å². The third kappa shape index (κ3) is 6.13. The van der Waals surface area contributed by atoms with Gasteiger partial charge in [-0.05, 0) is 68.6 Å². The number of alkyl halides is 3. The van der Waals surface area contributed by atoms with Crippen molar-refractivity contribution in [2.75, 3.05) is 29.9 Å². The van der Waals surface area contributed by atoms with E-state index in [1.165, 1.54) is 41.3 Å². The summed E-state index contributed by atoms with van der Waals surface area (Å²) in [6.07, 6.45) is -0.412. The van der Waals surface area contributed by atoms with Crippen LogP contribution in [-0.4, -0.2) is 45.5 Å². The Morgan fingerprint density at radius 3 is 2.68 bits per heavy atom. The molecule has 13 heteroatoms. The molecule has 1 amide bonds. The standard InChI is InChI=1S/C28H27ClF3N7O2/c1-17-13-22(37-39(17)19-10-11-34-35-15-19)27(40)36-21-8-9-24(41-23-7-3-2-6-20(23)29)25(28(30,31)32)26(21)38-12-4-5-18(14-33)16-38/h2-3,6-11,13,15,18H,4-5,12,14,16,33H2,1H3,(H,36,40)/t18-/m0/s1. The second kappa shape index (κ2) is 11.8. The number of ether oxygens (including phenoxy) is 1. The molecule has 1 fully saturated rings. The van der Waals surface area contributed by atoms with E-state index in [2.05, 4.69) is 20.6 Å². The van der Waals surface area contributed by atoms with Crippen molar-refractivity contribution in [1.29, 1.82) is 0 Å². The molecular weight excluding hydrogens is 559 g/mol. The Kier molecular flexibility index (Phi) is 8.13. The van der Waals surface area contributed by atoms with Gasteiger partial charge in [-0.1, -0.05) is 23.7 Å². The fraction of sp³-hybridized carbons (Fsp3) is 0.286. The molecule has 0 spiro atoms. The fourth-order valence-corrected chi connectivity index (χ4v) is 5.08. The van der Waals surface area contributed by atoms with E-state index in [0.717, 1.165) is 6.42 Å². The van der Waals surface area contributed by atoms with Crippen molar-refractivity contribution >= 4 is 28.9 Å². The first-order chi connectivity index (χ1) is 19.7. The number of amides is 1. The molecule has 3 heterocycles. The van der Waals surface area contributed by atoms with Gasteiger partial charge in [0, 0.05) is 18.8 Å². The molecule has 2 aromatic heterocycles. The van der Waals surface area contributed by atoms with Crippen LogP contribution in [0.15, 0.2) is 60.9 Å². The third-order valence-electron chi connectivity index (χ3n) is 6.83. The summed E-state index contributed by atoms with van der Waals surface area (Å²) >= 11 is 6.19. The molecule has 1 saturated heterocycles. The number of anilines is 2. The van der Waals surface area contributed by atoms with Gasteiger partial charge in [0.25, 0.3) is 5.91 Å². The lowest BCUT2D eigenvalue weighted by molar-refractivity contribution is -0.138. The minimum absolute atomic E-state index is 0.00570. The van der Waals surface area contributed by atoms with Gasteiger partial charge in [0.05, 0.1) is 34.5 Å². The summed E-state index contributed by atoms with van der Waals surface area (Å²) in [6, 6.07) is 12.1. The predicted molar refractivity (Wildman–Crippen MR) is 149 cm³/mol. The molecule has 9 nitrogen and oxygen atoms in total. The molecule has 5 rings (SSSR count). The van der Waals surface area contributed by atoms with Crippen molar-refractivity contribution in [3.63, 3.8) is 0 Å². The van der Waals surface area contributed by atoms with Gasteiger partial charge in [-0.25, -0.2) is 4.68 Å². The van der Waals surface area contributed by atoms with Crippen molar-refractivity contribution < 1.29 is 22.7 Å². The Labute approximate surface area is 239 Å². The lowest BCUT2D eigenvalue weighted by atomic mass is 9.96. The molecule has 1 aliphatic heterocycles. The highest BCUT2D eigenvalue weighted by Crippen LogP contribution is 2.49. The molecule has 214 valence electrons. The first kappa shape index (κ1) is 28.4. The van der Waals surface area contributed by atoms with Gasteiger partial charge in [-0.15, -0.1) is 0 Å². The number of carbonyl (C=O) groups excluding carboxylic acids is 1.